The van der Waals surface area contributed by atoms with Crippen LogP contribution in [0.2, 0.25) is 0 Å². The van der Waals surface area contributed by atoms with Crippen LogP contribution < -0.4 is 0 Å². The van der Waals surface area contributed by atoms with Gasteiger partial charge in [0, 0.05) is 30.3 Å². The Balaban J connectivity index is 1.70. The van der Waals surface area contributed by atoms with Gasteiger partial charge in [-0.25, -0.2) is 0 Å². The Labute approximate surface area is 219 Å². The predicted octanol–water partition coefficient (Wildman–Crippen LogP) is 5.75. The second-order valence-corrected chi connectivity index (χ2v) is 9.72. The molecule has 0 saturated carbocycles. The van der Waals surface area contributed by atoms with Gasteiger partial charge in [-0.1, -0.05) is 77.9 Å². The highest BCUT2D eigenvalue weighted by Gasteiger charge is 2.47. The molecule has 8 heteroatoms. The quantitative estimate of drug-likeness (QED) is 0.388. The third kappa shape index (κ3) is 6.13. The minimum atomic E-state index is -5.07. The van der Waals surface area contributed by atoms with Gasteiger partial charge in [0.05, 0.1) is 6.04 Å². The van der Waals surface area contributed by atoms with E-state index in [1.165, 1.54) is 4.90 Å². The first kappa shape index (κ1) is 27.1. The molecule has 1 aliphatic heterocycles. The largest absolute Gasteiger partial charge is 0.471 e. The van der Waals surface area contributed by atoms with E-state index in [1.807, 2.05) is 19.9 Å². The second kappa shape index (κ2) is 11.2. The van der Waals surface area contributed by atoms with Crippen LogP contribution in [-0.4, -0.2) is 52.2 Å². The van der Waals surface area contributed by atoms with Crippen molar-refractivity contribution in [2.24, 2.45) is 0 Å². The highest BCUT2D eigenvalue weighted by molar-refractivity contribution is 6.04. The summed E-state index contributed by atoms with van der Waals surface area (Å²) < 4.78 is 41.0. The number of likely N-dealkylation sites (tertiary alicyclic amines) is 1. The molecule has 4 rings (SSSR count). The van der Waals surface area contributed by atoms with E-state index in [1.54, 1.807) is 72.8 Å². The van der Waals surface area contributed by atoms with Crippen LogP contribution in [0.3, 0.4) is 0 Å². The molecular formula is C30H29F3N2O3. The van der Waals surface area contributed by atoms with E-state index in [4.69, 9.17) is 0 Å². The van der Waals surface area contributed by atoms with Crippen molar-refractivity contribution >= 4 is 17.6 Å². The molecule has 3 aromatic rings. The van der Waals surface area contributed by atoms with E-state index >= 15 is 0 Å². The number of piperidine rings is 1. The Morgan fingerprint density at radius 1 is 0.868 bits per heavy atom. The maximum atomic E-state index is 13.7. The lowest BCUT2D eigenvalue weighted by molar-refractivity contribution is -0.189. The van der Waals surface area contributed by atoms with Crippen LogP contribution in [0.1, 0.15) is 50.2 Å². The van der Waals surface area contributed by atoms with Crippen LogP contribution in [0.4, 0.5) is 13.2 Å². The van der Waals surface area contributed by atoms with E-state index < -0.39 is 24.2 Å². The molecule has 1 saturated heterocycles. The highest BCUT2D eigenvalue weighted by Crippen LogP contribution is 2.31. The van der Waals surface area contributed by atoms with Gasteiger partial charge in [-0.05, 0) is 44.4 Å². The molecule has 0 bridgehead atoms. The lowest BCUT2D eigenvalue weighted by Crippen LogP contribution is -2.57. The van der Waals surface area contributed by atoms with Gasteiger partial charge in [-0.2, -0.15) is 13.2 Å². The Kier molecular flexibility index (Phi) is 7.99. The second-order valence-electron chi connectivity index (χ2n) is 9.72. The topological polar surface area (TPSA) is 57.7 Å². The first-order valence-corrected chi connectivity index (χ1v) is 12.4. The number of halogens is 3. The maximum Gasteiger partial charge on any atom is 0.471 e. The van der Waals surface area contributed by atoms with Crippen LogP contribution in [0, 0.1) is 13.8 Å². The summed E-state index contributed by atoms with van der Waals surface area (Å²) >= 11 is 0. The van der Waals surface area contributed by atoms with Crippen molar-refractivity contribution in [1.29, 1.82) is 0 Å². The number of rotatable bonds is 6. The summed E-state index contributed by atoms with van der Waals surface area (Å²) in [6.45, 7) is 3.52. The van der Waals surface area contributed by atoms with Gasteiger partial charge in [-0.3, -0.25) is 14.4 Å². The molecule has 198 valence electrons. The molecule has 0 aliphatic carbocycles. The smallest absolute Gasteiger partial charge is 0.328 e. The van der Waals surface area contributed by atoms with E-state index in [-0.39, 0.29) is 37.6 Å². The lowest BCUT2D eigenvalue weighted by atomic mass is 9.89. The Bertz CT molecular complexity index is 1290. The summed E-state index contributed by atoms with van der Waals surface area (Å²) in [6.07, 6.45) is -5.05. The van der Waals surface area contributed by atoms with Crippen molar-refractivity contribution < 1.29 is 27.6 Å². The summed E-state index contributed by atoms with van der Waals surface area (Å²) in [7, 11) is 0. The van der Waals surface area contributed by atoms with Crippen LogP contribution in [-0.2, 0) is 11.3 Å². The maximum absolute atomic E-state index is 13.7. The van der Waals surface area contributed by atoms with Gasteiger partial charge in [-0.15, -0.1) is 0 Å². The Morgan fingerprint density at radius 3 is 2.03 bits per heavy atom. The van der Waals surface area contributed by atoms with Crippen molar-refractivity contribution in [2.75, 3.05) is 6.54 Å². The lowest BCUT2D eigenvalue weighted by Gasteiger charge is -2.43. The zero-order valence-corrected chi connectivity index (χ0v) is 21.2. The zero-order valence-electron chi connectivity index (χ0n) is 21.2. The molecule has 2 amide bonds. The standard InChI is InChI=1S/C30H29F3N2O3/c1-20-15-21(2)17-24(16-20)28(37)34-14-13-25(18-26(34)27(36)23-11-7-4-8-12-23)35(29(38)30(31,32)33)19-22-9-5-3-6-10-22/h3-12,15-17,25-26H,13-14,18-19H2,1-2H3. The molecule has 0 N–H and O–H groups in total. The molecule has 0 spiro atoms. The van der Waals surface area contributed by atoms with Crippen molar-refractivity contribution in [3.63, 3.8) is 0 Å². The average Bonchev–Trinajstić information content (AvgIpc) is 2.90. The number of alkyl halides is 3. The first-order valence-electron chi connectivity index (χ1n) is 12.4. The molecule has 2 atom stereocenters. The number of benzene rings is 3. The highest BCUT2D eigenvalue weighted by atomic mass is 19.4. The average molecular weight is 523 g/mol. The van der Waals surface area contributed by atoms with Gasteiger partial charge >= 0.3 is 12.1 Å². The monoisotopic (exact) mass is 522 g/mol. The normalized spacial score (nSPS) is 17.7. The molecule has 3 aromatic carbocycles. The van der Waals surface area contributed by atoms with Crippen LogP contribution in [0.15, 0.2) is 78.9 Å². The molecule has 1 aliphatic rings. The van der Waals surface area contributed by atoms with E-state index in [0.29, 0.717) is 16.7 Å². The van der Waals surface area contributed by atoms with Gasteiger partial charge in [0.1, 0.15) is 0 Å². The SMILES string of the molecule is Cc1cc(C)cc(C(=O)N2CCC(N(Cc3ccccc3)C(=O)C(F)(F)F)CC2C(=O)c2ccccc2)c1. The van der Waals surface area contributed by atoms with E-state index in [0.717, 1.165) is 16.0 Å². The number of ketones is 1. The number of carbonyl (C=O) groups is 3. The summed E-state index contributed by atoms with van der Waals surface area (Å²) in [5.74, 6) is -2.68. The molecule has 0 radical (unpaired) electrons. The zero-order chi connectivity index (χ0) is 27.4. The van der Waals surface area contributed by atoms with Crippen LogP contribution in [0.25, 0.3) is 0 Å². The minimum Gasteiger partial charge on any atom is -0.328 e. The van der Waals surface area contributed by atoms with E-state index in [9.17, 15) is 27.6 Å². The van der Waals surface area contributed by atoms with Crippen molar-refractivity contribution in [2.45, 2.75) is 51.5 Å². The fraction of sp³-hybridized carbons (Fsp3) is 0.300. The molecule has 1 heterocycles. The number of hydrogen-bond acceptors (Lipinski definition) is 3. The van der Waals surface area contributed by atoms with Crippen LogP contribution in [0.5, 0.6) is 0 Å². The number of amides is 2. The third-order valence-electron chi connectivity index (χ3n) is 6.81. The summed E-state index contributed by atoms with van der Waals surface area (Å²) in [4.78, 5) is 42.1. The molecule has 2 unspecified atom stereocenters. The number of nitrogens with zero attached hydrogens (tertiary/aromatic N) is 2. The van der Waals surface area contributed by atoms with Crippen molar-refractivity contribution in [3.8, 4) is 0 Å². The molecule has 1 fully saturated rings. The van der Waals surface area contributed by atoms with Gasteiger partial charge in [0.2, 0.25) is 0 Å². The molecule has 38 heavy (non-hydrogen) atoms. The number of Topliss-reactive ketones (excluding diaryl/α,β-unsaturated/α-hetero) is 1. The fourth-order valence-corrected chi connectivity index (χ4v) is 5.09. The molecular weight excluding hydrogens is 493 g/mol. The number of hydrogen-bond donors (Lipinski definition) is 0. The molecule has 5 nitrogen and oxygen atoms in total. The first-order chi connectivity index (χ1) is 18.0. The van der Waals surface area contributed by atoms with Gasteiger partial charge in [0.15, 0.2) is 5.78 Å². The van der Waals surface area contributed by atoms with Crippen LogP contribution >= 0.6 is 0 Å². The number of aryl methyl sites for hydroxylation is 2. The predicted molar refractivity (Wildman–Crippen MR) is 138 cm³/mol. The summed E-state index contributed by atoms with van der Waals surface area (Å²) in [5, 5.41) is 0. The third-order valence-corrected chi connectivity index (χ3v) is 6.81. The van der Waals surface area contributed by atoms with Gasteiger partial charge < -0.3 is 9.80 Å². The number of carbonyl (C=O) groups excluding carboxylic acids is 3. The van der Waals surface area contributed by atoms with E-state index in [2.05, 4.69) is 0 Å². The summed E-state index contributed by atoms with van der Waals surface area (Å²) in [6, 6.07) is 20.3. The van der Waals surface area contributed by atoms with Crippen molar-refractivity contribution in [3.05, 3.63) is 107 Å². The summed E-state index contributed by atoms with van der Waals surface area (Å²) in [5.41, 5.74) is 3.09. The Hall–Kier alpha value is -3.94. The fourth-order valence-electron chi connectivity index (χ4n) is 5.09. The Morgan fingerprint density at radius 2 is 1.45 bits per heavy atom. The van der Waals surface area contributed by atoms with Crippen molar-refractivity contribution in [1.82, 2.24) is 9.80 Å². The molecule has 0 aromatic heterocycles. The van der Waals surface area contributed by atoms with Gasteiger partial charge in [0.25, 0.3) is 5.91 Å². The minimum absolute atomic E-state index is 0.0379.